The Morgan fingerprint density at radius 2 is 2.11 bits per heavy atom. The van der Waals surface area contributed by atoms with Crippen LogP contribution >= 0.6 is 11.3 Å². The fourth-order valence-electron chi connectivity index (χ4n) is 2.13. The fourth-order valence-corrected chi connectivity index (χ4v) is 3.18. The van der Waals surface area contributed by atoms with Gasteiger partial charge in [0.05, 0.1) is 6.61 Å². The van der Waals surface area contributed by atoms with E-state index in [0.717, 1.165) is 13.0 Å². The van der Waals surface area contributed by atoms with Gasteiger partial charge in [-0.05, 0) is 42.7 Å². The molecule has 2 N–H and O–H groups in total. The third-order valence-electron chi connectivity index (χ3n) is 3.36. The summed E-state index contributed by atoms with van der Waals surface area (Å²) in [6.45, 7) is 9.54. The minimum atomic E-state index is 0.0642. The molecule has 1 heterocycles. The van der Waals surface area contributed by atoms with E-state index in [1.54, 1.807) is 11.3 Å². The quantitative estimate of drug-likeness (QED) is 0.764. The molecule has 1 aromatic heterocycles. The average Bonchev–Trinajstić information content (AvgIpc) is 2.76. The highest BCUT2D eigenvalue weighted by Crippen LogP contribution is 2.30. The third-order valence-corrected chi connectivity index (χ3v) is 4.44. The van der Waals surface area contributed by atoms with Crippen molar-refractivity contribution in [1.29, 1.82) is 0 Å². The first-order valence-corrected chi connectivity index (χ1v) is 7.89. The van der Waals surface area contributed by atoms with E-state index in [4.69, 9.17) is 10.5 Å². The topological polar surface area (TPSA) is 35.2 Å². The predicted molar refractivity (Wildman–Crippen MR) is 80.1 cm³/mol. The van der Waals surface area contributed by atoms with Gasteiger partial charge in [0.2, 0.25) is 0 Å². The van der Waals surface area contributed by atoms with Gasteiger partial charge in [0.25, 0.3) is 0 Å². The Kier molecular flexibility index (Phi) is 6.90. The van der Waals surface area contributed by atoms with E-state index in [1.807, 2.05) is 0 Å². The molecule has 0 saturated heterocycles. The molecule has 0 aliphatic carbocycles. The zero-order valence-electron chi connectivity index (χ0n) is 12.1. The van der Waals surface area contributed by atoms with Crippen LogP contribution in [0.1, 0.15) is 56.6 Å². The SMILES string of the molecule is CCCC(C)COC(c1sccc1C)C(N)CC. The Morgan fingerprint density at radius 3 is 2.61 bits per heavy atom. The number of rotatable bonds is 8. The van der Waals surface area contributed by atoms with E-state index in [9.17, 15) is 0 Å². The van der Waals surface area contributed by atoms with Gasteiger partial charge < -0.3 is 10.5 Å². The first-order valence-electron chi connectivity index (χ1n) is 7.01. The summed E-state index contributed by atoms with van der Waals surface area (Å²) in [6.07, 6.45) is 3.45. The molecule has 0 amide bonds. The highest BCUT2D eigenvalue weighted by molar-refractivity contribution is 7.10. The lowest BCUT2D eigenvalue weighted by Gasteiger charge is -2.25. The first-order chi connectivity index (χ1) is 8.60. The average molecular weight is 269 g/mol. The smallest absolute Gasteiger partial charge is 0.107 e. The molecule has 104 valence electrons. The van der Waals surface area contributed by atoms with Crippen LogP contribution in [0.5, 0.6) is 0 Å². The van der Waals surface area contributed by atoms with Crippen LogP contribution in [0.25, 0.3) is 0 Å². The lowest BCUT2D eigenvalue weighted by atomic mass is 10.0. The largest absolute Gasteiger partial charge is 0.371 e. The number of thiophene rings is 1. The lowest BCUT2D eigenvalue weighted by molar-refractivity contribution is 0.0150. The summed E-state index contributed by atoms with van der Waals surface area (Å²) in [5.41, 5.74) is 7.52. The molecule has 0 saturated carbocycles. The maximum atomic E-state index is 6.22. The summed E-state index contributed by atoms with van der Waals surface area (Å²) in [4.78, 5) is 1.30. The van der Waals surface area contributed by atoms with E-state index < -0.39 is 0 Å². The van der Waals surface area contributed by atoms with Crippen molar-refractivity contribution in [3.8, 4) is 0 Å². The summed E-state index contributed by atoms with van der Waals surface area (Å²) >= 11 is 1.76. The van der Waals surface area contributed by atoms with Crippen LogP contribution in [0.4, 0.5) is 0 Å². The van der Waals surface area contributed by atoms with Crippen molar-refractivity contribution in [2.24, 2.45) is 11.7 Å². The van der Waals surface area contributed by atoms with E-state index in [0.29, 0.717) is 5.92 Å². The molecule has 1 aromatic rings. The summed E-state index contributed by atoms with van der Waals surface area (Å²) < 4.78 is 6.12. The molecule has 0 bridgehead atoms. The van der Waals surface area contributed by atoms with Gasteiger partial charge >= 0.3 is 0 Å². The standard InChI is InChI=1S/C15H27NOS/c1-5-7-11(3)10-17-14(13(16)6-2)15-12(4)8-9-18-15/h8-9,11,13-14H,5-7,10,16H2,1-4H3. The van der Waals surface area contributed by atoms with Gasteiger partial charge in [0.15, 0.2) is 0 Å². The molecule has 3 unspecified atom stereocenters. The Labute approximate surface area is 116 Å². The molecule has 3 atom stereocenters. The molecule has 18 heavy (non-hydrogen) atoms. The van der Waals surface area contributed by atoms with Crippen molar-refractivity contribution in [2.75, 3.05) is 6.61 Å². The maximum Gasteiger partial charge on any atom is 0.107 e. The number of ether oxygens (including phenoxy) is 1. The van der Waals surface area contributed by atoms with E-state index >= 15 is 0 Å². The van der Waals surface area contributed by atoms with Gasteiger partial charge in [0.1, 0.15) is 6.10 Å². The summed E-state index contributed by atoms with van der Waals surface area (Å²) in [7, 11) is 0. The third kappa shape index (κ3) is 4.38. The fraction of sp³-hybridized carbons (Fsp3) is 0.733. The maximum absolute atomic E-state index is 6.22. The van der Waals surface area contributed by atoms with Crippen LogP contribution in [-0.4, -0.2) is 12.6 Å². The van der Waals surface area contributed by atoms with Crippen molar-refractivity contribution in [2.45, 2.75) is 59.1 Å². The molecular formula is C15H27NOS. The van der Waals surface area contributed by atoms with Crippen LogP contribution in [0.2, 0.25) is 0 Å². The second-order valence-electron chi connectivity index (χ2n) is 5.19. The van der Waals surface area contributed by atoms with Crippen molar-refractivity contribution < 1.29 is 4.74 Å². The lowest BCUT2D eigenvalue weighted by Crippen LogP contribution is -2.30. The van der Waals surface area contributed by atoms with Gasteiger partial charge in [0, 0.05) is 10.9 Å². The van der Waals surface area contributed by atoms with Crippen LogP contribution in [0, 0.1) is 12.8 Å². The number of aryl methyl sites for hydroxylation is 1. The van der Waals surface area contributed by atoms with Gasteiger partial charge in [-0.3, -0.25) is 0 Å². The molecule has 0 spiro atoms. The summed E-state index contributed by atoms with van der Waals surface area (Å²) in [5, 5.41) is 2.12. The molecule has 0 aromatic carbocycles. The van der Waals surface area contributed by atoms with Gasteiger partial charge in [-0.2, -0.15) is 0 Å². The van der Waals surface area contributed by atoms with Crippen LogP contribution in [0.15, 0.2) is 11.4 Å². The van der Waals surface area contributed by atoms with Crippen LogP contribution in [-0.2, 0) is 4.74 Å². The van der Waals surface area contributed by atoms with Crippen LogP contribution in [0.3, 0.4) is 0 Å². The number of hydrogen-bond donors (Lipinski definition) is 1. The molecule has 1 rings (SSSR count). The monoisotopic (exact) mass is 269 g/mol. The zero-order chi connectivity index (χ0) is 13.5. The number of hydrogen-bond acceptors (Lipinski definition) is 3. The first kappa shape index (κ1) is 15.7. The molecule has 2 nitrogen and oxygen atoms in total. The minimum absolute atomic E-state index is 0.0642. The second kappa shape index (κ2) is 7.93. The van der Waals surface area contributed by atoms with Gasteiger partial charge in [-0.25, -0.2) is 0 Å². The van der Waals surface area contributed by atoms with Crippen molar-refractivity contribution in [1.82, 2.24) is 0 Å². The Bertz CT molecular complexity index is 337. The Hall–Kier alpha value is -0.380. The zero-order valence-corrected chi connectivity index (χ0v) is 12.9. The molecule has 3 heteroatoms. The highest BCUT2D eigenvalue weighted by Gasteiger charge is 2.22. The van der Waals surface area contributed by atoms with Gasteiger partial charge in [-0.15, -0.1) is 11.3 Å². The molecular weight excluding hydrogens is 242 g/mol. The van der Waals surface area contributed by atoms with Crippen molar-refractivity contribution >= 4 is 11.3 Å². The summed E-state index contributed by atoms with van der Waals surface area (Å²) in [5.74, 6) is 0.613. The van der Waals surface area contributed by atoms with Crippen molar-refractivity contribution in [3.05, 3.63) is 21.9 Å². The molecule has 0 aliphatic heterocycles. The Balaban J connectivity index is 2.66. The normalized spacial score (nSPS) is 16.5. The molecule has 0 fully saturated rings. The Morgan fingerprint density at radius 1 is 1.39 bits per heavy atom. The molecule has 0 radical (unpaired) electrons. The van der Waals surface area contributed by atoms with Crippen LogP contribution < -0.4 is 5.73 Å². The predicted octanol–water partition coefficient (Wildman–Crippen LogP) is 4.29. The minimum Gasteiger partial charge on any atom is -0.371 e. The van der Waals surface area contributed by atoms with Gasteiger partial charge in [-0.1, -0.05) is 27.2 Å². The second-order valence-corrected chi connectivity index (χ2v) is 6.14. The molecule has 0 aliphatic rings. The van der Waals surface area contributed by atoms with E-state index in [1.165, 1.54) is 23.3 Å². The van der Waals surface area contributed by atoms with E-state index in [2.05, 4.69) is 39.1 Å². The van der Waals surface area contributed by atoms with E-state index in [-0.39, 0.29) is 12.1 Å². The number of nitrogens with two attached hydrogens (primary N) is 1. The highest BCUT2D eigenvalue weighted by atomic mass is 32.1. The summed E-state index contributed by atoms with van der Waals surface area (Å²) in [6, 6.07) is 2.24. The van der Waals surface area contributed by atoms with Crippen molar-refractivity contribution in [3.63, 3.8) is 0 Å².